The molecule has 5 atom stereocenters. The molecule has 30 heavy (non-hydrogen) atoms. The van der Waals surface area contributed by atoms with Crippen LogP contribution in [-0.4, -0.2) is 75.1 Å². The Labute approximate surface area is 172 Å². The van der Waals surface area contributed by atoms with E-state index in [0.717, 1.165) is 0 Å². The molecule has 9 heteroatoms. The monoisotopic (exact) mass is 420 g/mol. The van der Waals surface area contributed by atoms with Crippen molar-refractivity contribution in [1.29, 1.82) is 0 Å². The standard InChI is InChI=1S/C21H24O9/c1-28-15-5-4-11(2-3-12-6-13(23)9-14(24)7-12)8-16(15)29-21-20(27)19(26)18(25)17(10-22)30-21/h2-9,17-27H,10H2,1H3/t17-,18+,19-,20-,21+/m1/s1. The second kappa shape index (κ2) is 9.33. The summed E-state index contributed by atoms with van der Waals surface area (Å²) in [6.45, 7) is -0.568. The second-order valence-corrected chi connectivity index (χ2v) is 6.84. The zero-order valence-corrected chi connectivity index (χ0v) is 16.1. The molecular weight excluding hydrogens is 396 g/mol. The lowest BCUT2D eigenvalue weighted by Crippen LogP contribution is -2.60. The van der Waals surface area contributed by atoms with E-state index >= 15 is 0 Å². The van der Waals surface area contributed by atoms with Crippen molar-refractivity contribution in [3.8, 4) is 23.0 Å². The fourth-order valence-electron chi connectivity index (χ4n) is 3.09. The zero-order chi connectivity index (χ0) is 21.8. The van der Waals surface area contributed by atoms with E-state index < -0.39 is 37.3 Å². The van der Waals surface area contributed by atoms with Crippen molar-refractivity contribution in [2.45, 2.75) is 30.7 Å². The van der Waals surface area contributed by atoms with Gasteiger partial charge in [0.2, 0.25) is 6.29 Å². The van der Waals surface area contributed by atoms with Crippen LogP contribution in [0.4, 0.5) is 0 Å². The van der Waals surface area contributed by atoms with Crippen molar-refractivity contribution < 1.29 is 44.8 Å². The first-order valence-electron chi connectivity index (χ1n) is 9.18. The Bertz CT molecular complexity index is 876. The number of aliphatic hydroxyl groups is 4. The Balaban J connectivity index is 1.83. The number of benzene rings is 2. The summed E-state index contributed by atoms with van der Waals surface area (Å²) < 4.78 is 16.3. The molecule has 1 heterocycles. The fourth-order valence-corrected chi connectivity index (χ4v) is 3.09. The molecule has 0 unspecified atom stereocenters. The number of aliphatic hydroxyl groups excluding tert-OH is 4. The third-order valence-electron chi connectivity index (χ3n) is 4.67. The summed E-state index contributed by atoms with van der Waals surface area (Å²) in [6, 6.07) is 9.13. The molecule has 2 aromatic carbocycles. The topological polar surface area (TPSA) is 149 Å². The molecule has 0 radical (unpaired) electrons. The van der Waals surface area contributed by atoms with Crippen LogP contribution in [0.1, 0.15) is 11.1 Å². The first-order chi connectivity index (χ1) is 14.3. The highest BCUT2D eigenvalue weighted by molar-refractivity contribution is 5.72. The molecule has 0 aromatic heterocycles. The molecule has 0 bridgehead atoms. The van der Waals surface area contributed by atoms with Gasteiger partial charge in [0.25, 0.3) is 0 Å². The Kier molecular flexibility index (Phi) is 6.80. The number of phenolic OH excluding ortho intramolecular Hbond substituents is 2. The van der Waals surface area contributed by atoms with Crippen LogP contribution in [0.25, 0.3) is 12.2 Å². The summed E-state index contributed by atoms with van der Waals surface area (Å²) in [4.78, 5) is 0. The highest BCUT2D eigenvalue weighted by atomic mass is 16.7. The van der Waals surface area contributed by atoms with Gasteiger partial charge >= 0.3 is 0 Å². The maximum Gasteiger partial charge on any atom is 0.229 e. The lowest BCUT2D eigenvalue weighted by molar-refractivity contribution is -0.277. The number of hydrogen-bond donors (Lipinski definition) is 6. The van der Waals surface area contributed by atoms with Crippen molar-refractivity contribution >= 4 is 12.2 Å². The van der Waals surface area contributed by atoms with Crippen LogP contribution in [0.2, 0.25) is 0 Å². The number of ether oxygens (including phenoxy) is 3. The van der Waals surface area contributed by atoms with Crippen molar-refractivity contribution in [3.63, 3.8) is 0 Å². The maximum absolute atomic E-state index is 10.2. The molecule has 0 aliphatic carbocycles. The smallest absolute Gasteiger partial charge is 0.229 e. The maximum atomic E-state index is 10.2. The Morgan fingerprint density at radius 3 is 2.17 bits per heavy atom. The fraction of sp³-hybridized carbons (Fsp3) is 0.333. The van der Waals surface area contributed by atoms with E-state index in [1.807, 2.05) is 0 Å². The van der Waals surface area contributed by atoms with Gasteiger partial charge < -0.3 is 44.8 Å². The molecule has 6 N–H and O–H groups in total. The van der Waals surface area contributed by atoms with Gasteiger partial charge in [-0.15, -0.1) is 0 Å². The zero-order valence-electron chi connectivity index (χ0n) is 16.1. The lowest BCUT2D eigenvalue weighted by Gasteiger charge is -2.39. The average molecular weight is 420 g/mol. The van der Waals surface area contributed by atoms with E-state index in [1.54, 1.807) is 30.4 Å². The van der Waals surface area contributed by atoms with Crippen LogP contribution in [-0.2, 0) is 4.74 Å². The highest BCUT2D eigenvalue weighted by Crippen LogP contribution is 2.33. The molecule has 1 aliphatic rings. The van der Waals surface area contributed by atoms with Gasteiger partial charge in [-0.2, -0.15) is 0 Å². The summed E-state index contributed by atoms with van der Waals surface area (Å²) in [5.74, 6) is 0.383. The first-order valence-corrected chi connectivity index (χ1v) is 9.18. The minimum absolute atomic E-state index is 0.0731. The van der Waals surface area contributed by atoms with E-state index in [1.165, 1.54) is 25.3 Å². The molecule has 9 nitrogen and oxygen atoms in total. The quantitative estimate of drug-likeness (QED) is 0.366. The van der Waals surface area contributed by atoms with E-state index in [4.69, 9.17) is 14.2 Å². The van der Waals surface area contributed by atoms with E-state index in [-0.39, 0.29) is 17.2 Å². The normalized spacial score (nSPS) is 26.6. The van der Waals surface area contributed by atoms with Crippen LogP contribution in [0.3, 0.4) is 0 Å². The third-order valence-corrected chi connectivity index (χ3v) is 4.67. The van der Waals surface area contributed by atoms with E-state index in [9.17, 15) is 30.6 Å². The largest absolute Gasteiger partial charge is 0.508 e. The van der Waals surface area contributed by atoms with Gasteiger partial charge in [-0.3, -0.25) is 0 Å². The van der Waals surface area contributed by atoms with Crippen LogP contribution in [0, 0.1) is 0 Å². The van der Waals surface area contributed by atoms with Gasteiger partial charge in [-0.25, -0.2) is 0 Å². The molecular formula is C21H24O9. The summed E-state index contributed by atoms with van der Waals surface area (Å²) >= 11 is 0. The molecule has 1 aliphatic heterocycles. The van der Waals surface area contributed by atoms with Crippen molar-refractivity contribution in [1.82, 2.24) is 0 Å². The molecule has 0 saturated carbocycles. The molecule has 1 saturated heterocycles. The molecule has 162 valence electrons. The van der Waals surface area contributed by atoms with Gasteiger partial charge in [0.1, 0.15) is 35.9 Å². The molecule has 2 aromatic rings. The summed E-state index contributed by atoms with van der Waals surface area (Å²) in [7, 11) is 1.43. The van der Waals surface area contributed by atoms with Crippen LogP contribution in [0.5, 0.6) is 23.0 Å². The van der Waals surface area contributed by atoms with Crippen molar-refractivity contribution in [3.05, 3.63) is 47.5 Å². The van der Waals surface area contributed by atoms with Gasteiger partial charge in [0.05, 0.1) is 13.7 Å². The molecule has 0 amide bonds. The molecule has 1 fully saturated rings. The van der Waals surface area contributed by atoms with Gasteiger partial charge in [-0.1, -0.05) is 18.2 Å². The Morgan fingerprint density at radius 1 is 0.867 bits per heavy atom. The number of methoxy groups -OCH3 is 1. The number of aromatic hydroxyl groups is 2. The van der Waals surface area contributed by atoms with E-state index in [0.29, 0.717) is 16.9 Å². The van der Waals surface area contributed by atoms with Gasteiger partial charge in [-0.05, 0) is 35.4 Å². The van der Waals surface area contributed by atoms with E-state index in [2.05, 4.69) is 0 Å². The van der Waals surface area contributed by atoms with Crippen LogP contribution >= 0.6 is 0 Å². The number of rotatable bonds is 6. The molecule has 3 rings (SSSR count). The van der Waals surface area contributed by atoms with Crippen molar-refractivity contribution in [2.24, 2.45) is 0 Å². The van der Waals surface area contributed by atoms with Crippen LogP contribution in [0.15, 0.2) is 36.4 Å². The first kappa shape index (κ1) is 21.9. The lowest BCUT2D eigenvalue weighted by atomic mass is 9.99. The highest BCUT2D eigenvalue weighted by Gasteiger charge is 2.44. The summed E-state index contributed by atoms with van der Waals surface area (Å²) in [6.07, 6.45) is -3.68. The average Bonchev–Trinajstić information content (AvgIpc) is 2.72. The predicted octanol–water partition coefficient (Wildman–Crippen LogP) is 0.456. The summed E-state index contributed by atoms with van der Waals surface area (Å²) in [5, 5.41) is 58.4. The van der Waals surface area contributed by atoms with Gasteiger partial charge in [0, 0.05) is 6.07 Å². The number of phenols is 2. The number of hydrogen-bond acceptors (Lipinski definition) is 9. The molecule has 0 spiro atoms. The van der Waals surface area contributed by atoms with Gasteiger partial charge in [0.15, 0.2) is 11.5 Å². The Hall–Kier alpha value is -2.82. The predicted molar refractivity (Wildman–Crippen MR) is 106 cm³/mol. The second-order valence-electron chi connectivity index (χ2n) is 6.84. The van der Waals surface area contributed by atoms with Crippen molar-refractivity contribution in [2.75, 3.05) is 13.7 Å². The SMILES string of the molecule is COc1ccc(C=Cc2cc(O)cc(O)c2)cc1O[C@H]1O[C@H](CO)[C@H](O)[C@@H](O)[C@H]1O. The Morgan fingerprint density at radius 2 is 1.53 bits per heavy atom. The van der Waals surface area contributed by atoms with Crippen LogP contribution < -0.4 is 9.47 Å². The minimum Gasteiger partial charge on any atom is -0.508 e. The minimum atomic E-state index is -1.56. The third kappa shape index (κ3) is 4.84. The summed E-state index contributed by atoms with van der Waals surface area (Å²) in [5.41, 5.74) is 1.23.